The van der Waals surface area contributed by atoms with Gasteiger partial charge in [0.2, 0.25) is 5.91 Å². The highest BCUT2D eigenvalue weighted by atomic mass is 79.9. The van der Waals surface area contributed by atoms with Crippen LogP contribution in [0, 0.1) is 0 Å². The van der Waals surface area contributed by atoms with Gasteiger partial charge in [-0.05, 0) is 75.9 Å². The van der Waals surface area contributed by atoms with Crippen molar-refractivity contribution in [1.82, 2.24) is 5.43 Å². The Morgan fingerprint density at radius 2 is 1.69 bits per heavy atom. The lowest BCUT2D eigenvalue weighted by atomic mass is 10.1. The van der Waals surface area contributed by atoms with Crippen LogP contribution < -0.4 is 24.4 Å². The van der Waals surface area contributed by atoms with Crippen LogP contribution in [-0.2, 0) is 17.8 Å². The molecular formula is C26H26BrClN2O5. The molecule has 0 heterocycles. The summed E-state index contributed by atoms with van der Waals surface area (Å²) in [4.78, 5) is 12.3. The summed E-state index contributed by atoms with van der Waals surface area (Å²) in [5.74, 6) is 2.05. The molecule has 0 aliphatic carbocycles. The number of nitrogens with zero attached hydrogens (tertiary/aromatic N) is 1. The van der Waals surface area contributed by atoms with Gasteiger partial charge in [-0.3, -0.25) is 4.79 Å². The summed E-state index contributed by atoms with van der Waals surface area (Å²) in [5.41, 5.74) is 5.03. The highest BCUT2D eigenvalue weighted by Gasteiger charge is 2.13. The van der Waals surface area contributed by atoms with E-state index < -0.39 is 0 Å². The van der Waals surface area contributed by atoms with Crippen LogP contribution in [0.1, 0.15) is 23.6 Å². The Bertz CT molecular complexity index is 1190. The second kappa shape index (κ2) is 13.0. The molecule has 3 aromatic rings. The molecule has 0 radical (unpaired) electrons. The van der Waals surface area contributed by atoms with Crippen LogP contribution in [0.5, 0.6) is 23.0 Å². The number of rotatable bonds is 11. The third-order valence-corrected chi connectivity index (χ3v) is 5.68. The number of hydrogen-bond donors (Lipinski definition) is 1. The molecule has 184 valence electrons. The molecule has 3 aromatic carbocycles. The summed E-state index contributed by atoms with van der Waals surface area (Å²) < 4.78 is 23.0. The number of methoxy groups -OCH3 is 2. The fourth-order valence-electron chi connectivity index (χ4n) is 3.20. The Morgan fingerprint density at radius 1 is 0.971 bits per heavy atom. The number of hydrogen-bond acceptors (Lipinski definition) is 6. The number of nitrogens with one attached hydrogen (secondary N) is 1. The molecule has 7 nitrogen and oxygen atoms in total. The predicted molar refractivity (Wildman–Crippen MR) is 140 cm³/mol. The molecule has 0 aliphatic heterocycles. The van der Waals surface area contributed by atoms with Gasteiger partial charge in [0, 0.05) is 5.02 Å². The summed E-state index contributed by atoms with van der Waals surface area (Å²) in [7, 11) is 3.11. The van der Waals surface area contributed by atoms with Crippen molar-refractivity contribution < 1.29 is 23.7 Å². The predicted octanol–water partition coefficient (Wildman–Crippen LogP) is 5.79. The average molecular weight is 562 g/mol. The maximum atomic E-state index is 12.3. The summed E-state index contributed by atoms with van der Waals surface area (Å²) in [6, 6.07) is 16.4. The third-order valence-electron chi connectivity index (χ3n) is 4.84. The van der Waals surface area contributed by atoms with Crippen molar-refractivity contribution in [3.63, 3.8) is 0 Å². The van der Waals surface area contributed by atoms with Crippen LogP contribution in [0.2, 0.25) is 5.02 Å². The normalized spacial score (nSPS) is 10.8. The molecule has 35 heavy (non-hydrogen) atoms. The van der Waals surface area contributed by atoms with E-state index in [-0.39, 0.29) is 12.3 Å². The maximum absolute atomic E-state index is 12.3. The van der Waals surface area contributed by atoms with Crippen LogP contribution in [-0.4, -0.2) is 32.9 Å². The van der Waals surface area contributed by atoms with Crippen LogP contribution >= 0.6 is 27.5 Å². The van der Waals surface area contributed by atoms with Crippen molar-refractivity contribution in [2.45, 2.75) is 20.0 Å². The first-order chi connectivity index (χ1) is 16.9. The van der Waals surface area contributed by atoms with Gasteiger partial charge in [-0.1, -0.05) is 29.8 Å². The molecule has 3 rings (SSSR count). The van der Waals surface area contributed by atoms with Gasteiger partial charge in [-0.2, -0.15) is 5.10 Å². The van der Waals surface area contributed by atoms with Crippen LogP contribution in [0.3, 0.4) is 0 Å². The molecule has 0 unspecified atom stereocenters. The largest absolute Gasteiger partial charge is 0.493 e. The maximum Gasteiger partial charge on any atom is 0.244 e. The van der Waals surface area contributed by atoms with E-state index in [4.69, 9.17) is 30.5 Å². The molecular weight excluding hydrogens is 536 g/mol. The van der Waals surface area contributed by atoms with Crippen molar-refractivity contribution in [2.75, 3.05) is 20.8 Å². The average Bonchev–Trinajstić information content (AvgIpc) is 2.84. The SMILES string of the molecule is CCOc1cc(/C=N/NC(=O)Cc2ccc(OC)c(OC)c2)cc(Br)c1OCc1ccc(Cl)cc1. The fourth-order valence-corrected chi connectivity index (χ4v) is 3.90. The second-order valence-corrected chi connectivity index (χ2v) is 8.63. The standard InChI is InChI=1S/C26H26BrClN2O5/c1-4-34-24-13-19(11-21(27)26(24)35-16-17-5-8-20(28)9-6-17)15-29-30-25(31)14-18-7-10-22(32-2)23(12-18)33-3/h5-13,15H,4,14,16H2,1-3H3,(H,30,31)/b29-15+. The van der Waals surface area contributed by atoms with Gasteiger partial charge in [0.05, 0.1) is 37.9 Å². The van der Waals surface area contributed by atoms with Crippen molar-refractivity contribution in [2.24, 2.45) is 5.10 Å². The van der Waals surface area contributed by atoms with Gasteiger partial charge >= 0.3 is 0 Å². The second-order valence-electron chi connectivity index (χ2n) is 7.34. The zero-order valence-electron chi connectivity index (χ0n) is 19.6. The molecule has 0 fully saturated rings. The van der Waals surface area contributed by atoms with Crippen molar-refractivity contribution in [3.8, 4) is 23.0 Å². The number of halogens is 2. The van der Waals surface area contributed by atoms with Crippen LogP contribution in [0.15, 0.2) is 64.2 Å². The molecule has 1 amide bonds. The minimum Gasteiger partial charge on any atom is -0.493 e. The van der Waals surface area contributed by atoms with Gasteiger partial charge in [-0.15, -0.1) is 0 Å². The Hall–Kier alpha value is -3.23. The first kappa shape index (κ1) is 26.4. The van der Waals surface area contributed by atoms with E-state index in [9.17, 15) is 4.79 Å². The fraction of sp³-hybridized carbons (Fsp3) is 0.231. The van der Waals surface area contributed by atoms with E-state index in [2.05, 4.69) is 26.5 Å². The lowest BCUT2D eigenvalue weighted by Gasteiger charge is -2.14. The Balaban J connectivity index is 1.65. The van der Waals surface area contributed by atoms with E-state index in [0.29, 0.717) is 45.7 Å². The molecule has 0 aliphatic rings. The number of benzene rings is 3. The third kappa shape index (κ3) is 7.63. The first-order valence-corrected chi connectivity index (χ1v) is 12.0. The van der Waals surface area contributed by atoms with E-state index in [1.54, 1.807) is 44.7 Å². The van der Waals surface area contributed by atoms with Crippen molar-refractivity contribution in [1.29, 1.82) is 0 Å². The molecule has 0 bridgehead atoms. The molecule has 0 saturated carbocycles. The number of carbonyl (C=O) groups excluding carboxylic acids is 1. The summed E-state index contributed by atoms with van der Waals surface area (Å²) in [6.45, 7) is 2.72. The minimum absolute atomic E-state index is 0.142. The Morgan fingerprint density at radius 3 is 2.37 bits per heavy atom. The van der Waals surface area contributed by atoms with Crippen LogP contribution in [0.4, 0.5) is 0 Å². The van der Waals surface area contributed by atoms with Gasteiger partial charge in [0.25, 0.3) is 0 Å². The van der Waals surface area contributed by atoms with Crippen molar-refractivity contribution in [3.05, 3.63) is 80.8 Å². The van der Waals surface area contributed by atoms with E-state index in [1.165, 1.54) is 0 Å². The zero-order chi connectivity index (χ0) is 25.2. The number of amides is 1. The van der Waals surface area contributed by atoms with Gasteiger partial charge in [0.1, 0.15) is 6.61 Å². The highest BCUT2D eigenvalue weighted by Crippen LogP contribution is 2.37. The van der Waals surface area contributed by atoms with E-state index in [1.807, 2.05) is 37.3 Å². The van der Waals surface area contributed by atoms with Crippen molar-refractivity contribution >= 4 is 39.7 Å². The Kier molecular flexibility index (Phi) is 9.81. The zero-order valence-corrected chi connectivity index (χ0v) is 22.0. The molecule has 0 aromatic heterocycles. The number of ether oxygens (including phenoxy) is 4. The summed E-state index contributed by atoms with van der Waals surface area (Å²) in [5, 5.41) is 4.75. The van der Waals surface area contributed by atoms with Gasteiger partial charge in [0.15, 0.2) is 23.0 Å². The molecule has 9 heteroatoms. The van der Waals surface area contributed by atoms with Crippen LogP contribution in [0.25, 0.3) is 0 Å². The molecule has 0 saturated heterocycles. The number of carbonyl (C=O) groups is 1. The quantitative estimate of drug-likeness (QED) is 0.237. The topological polar surface area (TPSA) is 78.4 Å². The van der Waals surface area contributed by atoms with E-state index in [0.717, 1.165) is 16.7 Å². The lowest BCUT2D eigenvalue weighted by molar-refractivity contribution is -0.120. The lowest BCUT2D eigenvalue weighted by Crippen LogP contribution is -2.19. The van der Waals surface area contributed by atoms with Gasteiger partial charge < -0.3 is 18.9 Å². The molecule has 0 spiro atoms. The molecule has 1 N–H and O–H groups in total. The number of hydrazone groups is 1. The van der Waals surface area contributed by atoms with Gasteiger partial charge in [-0.25, -0.2) is 5.43 Å². The first-order valence-electron chi connectivity index (χ1n) is 10.8. The Labute approximate surface area is 218 Å². The molecule has 0 atom stereocenters. The smallest absolute Gasteiger partial charge is 0.244 e. The minimum atomic E-state index is -0.263. The monoisotopic (exact) mass is 560 g/mol. The summed E-state index contributed by atoms with van der Waals surface area (Å²) in [6.07, 6.45) is 1.69. The highest BCUT2D eigenvalue weighted by molar-refractivity contribution is 9.10. The summed E-state index contributed by atoms with van der Waals surface area (Å²) >= 11 is 9.49. The van der Waals surface area contributed by atoms with E-state index >= 15 is 0 Å².